The summed E-state index contributed by atoms with van der Waals surface area (Å²) in [5.41, 5.74) is 3.56. The Kier molecular flexibility index (Phi) is 3.51. The van der Waals surface area contributed by atoms with Crippen LogP contribution in [0.1, 0.15) is 36.2 Å². The molecule has 6 nitrogen and oxygen atoms in total. The van der Waals surface area contributed by atoms with Crippen molar-refractivity contribution in [3.8, 4) is 0 Å². The van der Waals surface area contributed by atoms with E-state index in [1.807, 2.05) is 0 Å². The van der Waals surface area contributed by atoms with Crippen LogP contribution in [-0.4, -0.2) is 21.4 Å². The van der Waals surface area contributed by atoms with Gasteiger partial charge in [-0.3, -0.25) is 9.59 Å². The molecule has 1 aromatic heterocycles. The molecule has 1 aliphatic carbocycles. The highest BCUT2D eigenvalue weighted by atomic mass is 16.2. The Morgan fingerprint density at radius 1 is 1.24 bits per heavy atom. The fraction of sp³-hybridized carbons (Fsp3) is 0.333. The molecule has 0 unspecified atom stereocenters. The molecule has 1 fully saturated rings. The lowest BCUT2D eigenvalue weighted by atomic mass is 10.1. The Labute approximate surface area is 121 Å². The molecule has 1 heterocycles. The number of nitrogens with one attached hydrogen (secondary N) is 1. The molecule has 2 aromatic rings. The van der Waals surface area contributed by atoms with Crippen LogP contribution >= 0.6 is 0 Å². The van der Waals surface area contributed by atoms with Gasteiger partial charge < -0.3 is 0 Å². The lowest BCUT2D eigenvalue weighted by Crippen LogP contribution is -2.27. The Morgan fingerprint density at radius 3 is 2.62 bits per heavy atom. The van der Waals surface area contributed by atoms with Gasteiger partial charge in [0.15, 0.2) is 5.69 Å². The standard InChI is InChI=1S/C15H16N4O2/c1-19-15(21)12-9-5-4-8-11(12)13(18-19)14(20)17-16-10-6-2-3-7-10/h4-5,8-9H,2-3,6-7H2,1H3,(H,17,20). The van der Waals surface area contributed by atoms with Crippen LogP contribution in [0.2, 0.25) is 0 Å². The minimum absolute atomic E-state index is 0.218. The van der Waals surface area contributed by atoms with Crippen molar-refractivity contribution in [3.05, 3.63) is 40.3 Å². The highest BCUT2D eigenvalue weighted by Gasteiger charge is 2.16. The molecule has 1 aliphatic rings. The first-order chi connectivity index (χ1) is 10.2. The van der Waals surface area contributed by atoms with E-state index in [-0.39, 0.29) is 17.2 Å². The third-order valence-corrected chi connectivity index (χ3v) is 3.67. The van der Waals surface area contributed by atoms with E-state index in [0.717, 1.165) is 31.4 Å². The highest BCUT2D eigenvalue weighted by molar-refractivity contribution is 6.05. The number of aryl methyl sites for hydroxylation is 1. The van der Waals surface area contributed by atoms with Crippen molar-refractivity contribution in [3.63, 3.8) is 0 Å². The van der Waals surface area contributed by atoms with Gasteiger partial charge in [-0.05, 0) is 31.7 Å². The molecule has 0 radical (unpaired) electrons. The minimum Gasteiger partial charge on any atom is -0.267 e. The van der Waals surface area contributed by atoms with Crippen LogP contribution in [0.15, 0.2) is 34.2 Å². The average molecular weight is 284 g/mol. The molecule has 0 bridgehead atoms. The molecular weight excluding hydrogens is 268 g/mol. The van der Waals surface area contributed by atoms with Crippen molar-refractivity contribution in [2.75, 3.05) is 0 Å². The second kappa shape index (κ2) is 5.47. The summed E-state index contributed by atoms with van der Waals surface area (Å²) in [6.07, 6.45) is 4.11. The van der Waals surface area contributed by atoms with Gasteiger partial charge in [0.2, 0.25) is 0 Å². The van der Waals surface area contributed by atoms with Crippen LogP contribution < -0.4 is 11.0 Å². The van der Waals surface area contributed by atoms with Crippen molar-refractivity contribution >= 4 is 22.4 Å². The van der Waals surface area contributed by atoms with E-state index in [1.165, 1.54) is 11.7 Å². The summed E-state index contributed by atoms with van der Waals surface area (Å²) >= 11 is 0. The van der Waals surface area contributed by atoms with E-state index in [4.69, 9.17) is 0 Å². The summed E-state index contributed by atoms with van der Waals surface area (Å²) in [6, 6.07) is 6.97. The van der Waals surface area contributed by atoms with Crippen molar-refractivity contribution in [1.82, 2.24) is 15.2 Å². The largest absolute Gasteiger partial charge is 0.292 e. The fourth-order valence-corrected chi connectivity index (χ4v) is 2.55. The molecule has 0 spiro atoms. The van der Waals surface area contributed by atoms with Crippen LogP contribution in [0.3, 0.4) is 0 Å². The van der Waals surface area contributed by atoms with E-state index in [1.54, 1.807) is 24.3 Å². The summed E-state index contributed by atoms with van der Waals surface area (Å²) in [4.78, 5) is 24.3. The van der Waals surface area contributed by atoms with Gasteiger partial charge in [-0.25, -0.2) is 10.1 Å². The molecule has 0 aliphatic heterocycles. The summed E-state index contributed by atoms with van der Waals surface area (Å²) in [5, 5.41) is 9.24. The van der Waals surface area contributed by atoms with Crippen LogP contribution in [0.25, 0.3) is 10.8 Å². The van der Waals surface area contributed by atoms with Gasteiger partial charge >= 0.3 is 0 Å². The second-order valence-electron chi connectivity index (χ2n) is 5.15. The summed E-state index contributed by atoms with van der Waals surface area (Å²) in [7, 11) is 1.54. The SMILES string of the molecule is Cn1nc(C(=O)NN=C2CCCC2)c2ccccc2c1=O. The Balaban J connectivity index is 2.00. The van der Waals surface area contributed by atoms with Crippen molar-refractivity contribution in [2.45, 2.75) is 25.7 Å². The molecule has 1 amide bonds. The molecule has 1 N–H and O–H groups in total. The number of benzene rings is 1. The van der Waals surface area contributed by atoms with E-state index < -0.39 is 0 Å². The molecule has 0 saturated heterocycles. The maximum absolute atomic E-state index is 12.3. The predicted octanol–water partition coefficient (Wildman–Crippen LogP) is 1.59. The molecule has 1 aromatic carbocycles. The van der Waals surface area contributed by atoms with Crippen LogP contribution in [0, 0.1) is 0 Å². The molecule has 6 heteroatoms. The first-order valence-corrected chi connectivity index (χ1v) is 6.98. The van der Waals surface area contributed by atoms with E-state index in [0.29, 0.717) is 10.8 Å². The van der Waals surface area contributed by atoms with Crippen molar-refractivity contribution in [1.29, 1.82) is 0 Å². The molecule has 108 valence electrons. The zero-order valence-corrected chi connectivity index (χ0v) is 11.8. The topological polar surface area (TPSA) is 76.3 Å². The van der Waals surface area contributed by atoms with Gasteiger partial charge in [-0.2, -0.15) is 10.2 Å². The van der Waals surface area contributed by atoms with Gasteiger partial charge in [-0.15, -0.1) is 0 Å². The number of carbonyl (C=O) groups excluding carboxylic acids is 1. The Morgan fingerprint density at radius 2 is 1.90 bits per heavy atom. The normalized spacial score (nSPS) is 14.4. The van der Waals surface area contributed by atoms with Crippen LogP contribution in [0.5, 0.6) is 0 Å². The van der Waals surface area contributed by atoms with Crippen molar-refractivity contribution in [2.24, 2.45) is 12.1 Å². The average Bonchev–Trinajstić information content (AvgIpc) is 3.02. The van der Waals surface area contributed by atoms with Crippen LogP contribution in [0.4, 0.5) is 0 Å². The molecule has 3 rings (SSSR count). The molecule has 0 atom stereocenters. The molecule has 21 heavy (non-hydrogen) atoms. The van der Waals surface area contributed by atoms with Gasteiger partial charge in [0.25, 0.3) is 11.5 Å². The number of fused-ring (bicyclic) bond motifs is 1. The lowest BCUT2D eigenvalue weighted by molar-refractivity contribution is 0.0949. The Hall–Kier alpha value is -2.50. The maximum atomic E-state index is 12.3. The summed E-state index contributed by atoms with van der Waals surface area (Å²) in [6.45, 7) is 0. The van der Waals surface area contributed by atoms with Gasteiger partial charge in [-0.1, -0.05) is 18.2 Å². The minimum atomic E-state index is -0.388. The van der Waals surface area contributed by atoms with Crippen molar-refractivity contribution < 1.29 is 4.79 Å². The maximum Gasteiger partial charge on any atom is 0.292 e. The molecule has 1 saturated carbocycles. The number of carbonyl (C=O) groups is 1. The number of nitrogens with zero attached hydrogens (tertiary/aromatic N) is 3. The number of aromatic nitrogens is 2. The fourth-order valence-electron chi connectivity index (χ4n) is 2.55. The van der Waals surface area contributed by atoms with Gasteiger partial charge in [0.1, 0.15) is 0 Å². The number of hydrogen-bond acceptors (Lipinski definition) is 4. The summed E-state index contributed by atoms with van der Waals surface area (Å²) in [5.74, 6) is -0.388. The lowest BCUT2D eigenvalue weighted by Gasteiger charge is -2.07. The monoisotopic (exact) mass is 284 g/mol. The number of hydrogen-bond donors (Lipinski definition) is 1. The van der Waals surface area contributed by atoms with E-state index in [9.17, 15) is 9.59 Å². The summed E-state index contributed by atoms with van der Waals surface area (Å²) < 4.78 is 1.18. The van der Waals surface area contributed by atoms with Gasteiger partial charge in [0, 0.05) is 18.1 Å². The number of amides is 1. The number of rotatable bonds is 2. The predicted molar refractivity (Wildman–Crippen MR) is 80.4 cm³/mol. The second-order valence-corrected chi connectivity index (χ2v) is 5.15. The zero-order valence-electron chi connectivity index (χ0n) is 11.8. The van der Waals surface area contributed by atoms with E-state index >= 15 is 0 Å². The zero-order chi connectivity index (χ0) is 14.8. The first kappa shape index (κ1) is 13.5. The first-order valence-electron chi connectivity index (χ1n) is 6.98. The van der Waals surface area contributed by atoms with Gasteiger partial charge in [0.05, 0.1) is 5.39 Å². The highest BCUT2D eigenvalue weighted by Crippen LogP contribution is 2.15. The number of hydrazone groups is 1. The third-order valence-electron chi connectivity index (χ3n) is 3.67. The third kappa shape index (κ3) is 2.56. The molecular formula is C15H16N4O2. The quantitative estimate of drug-likeness (QED) is 0.851. The van der Waals surface area contributed by atoms with E-state index in [2.05, 4.69) is 15.6 Å². The van der Waals surface area contributed by atoms with Crippen LogP contribution in [-0.2, 0) is 7.05 Å². The smallest absolute Gasteiger partial charge is 0.267 e. The Bertz CT molecular complexity index is 784.